The summed E-state index contributed by atoms with van der Waals surface area (Å²) in [7, 11) is 1.64. The largest absolute Gasteiger partial charge is 0.493 e. The Labute approximate surface area is 184 Å². The molecule has 0 unspecified atom stereocenters. The van der Waals surface area contributed by atoms with Crippen molar-refractivity contribution in [3.05, 3.63) is 51.4 Å². The summed E-state index contributed by atoms with van der Waals surface area (Å²) in [6, 6.07) is 12.4. The number of hydrogen-bond acceptors (Lipinski definition) is 6. The molecule has 3 aromatic rings. The van der Waals surface area contributed by atoms with Gasteiger partial charge >= 0.3 is 0 Å². The molecule has 29 heavy (non-hydrogen) atoms. The minimum absolute atomic E-state index is 0.0365. The number of hydrogen-bond donors (Lipinski definition) is 1. The monoisotopic (exact) mass is 505 g/mol. The fraction of sp³-hybridized carbons (Fsp3) is 0.364. The predicted molar refractivity (Wildman–Crippen MR) is 122 cm³/mol. The normalized spacial score (nSPS) is 17.3. The maximum atomic E-state index is 6.16. The molecule has 1 aliphatic rings. The minimum Gasteiger partial charge on any atom is -0.493 e. The topological polar surface area (TPSA) is 65.5 Å². The van der Waals surface area contributed by atoms with Crippen LogP contribution >= 0.6 is 22.6 Å². The van der Waals surface area contributed by atoms with Gasteiger partial charge in [0.2, 0.25) is 0 Å². The van der Waals surface area contributed by atoms with Crippen LogP contribution in [-0.4, -0.2) is 36.4 Å². The molecule has 2 heterocycles. The number of fused-ring (bicyclic) bond motifs is 1. The zero-order chi connectivity index (χ0) is 20.4. The van der Waals surface area contributed by atoms with E-state index in [9.17, 15) is 0 Å². The second-order valence-corrected chi connectivity index (χ2v) is 8.41. The lowest BCUT2D eigenvalue weighted by Crippen LogP contribution is -2.16. The zero-order valence-corrected chi connectivity index (χ0v) is 18.9. The first-order valence-electron chi connectivity index (χ1n) is 9.66. The van der Waals surface area contributed by atoms with Crippen molar-refractivity contribution in [1.29, 1.82) is 0 Å². The first kappa shape index (κ1) is 20.2. The summed E-state index contributed by atoms with van der Waals surface area (Å²) in [5.41, 5.74) is 2.02. The lowest BCUT2D eigenvalue weighted by molar-refractivity contribution is 0.139. The van der Waals surface area contributed by atoms with Gasteiger partial charge in [-0.1, -0.05) is 12.1 Å². The predicted octanol–water partition coefficient (Wildman–Crippen LogP) is 4.89. The van der Waals surface area contributed by atoms with Crippen molar-refractivity contribution in [3.8, 4) is 11.5 Å². The molecule has 1 fully saturated rings. The van der Waals surface area contributed by atoms with Gasteiger partial charge in [0.15, 0.2) is 11.5 Å². The molecule has 0 bridgehead atoms. The van der Waals surface area contributed by atoms with Crippen LogP contribution in [0.25, 0.3) is 10.9 Å². The van der Waals surface area contributed by atoms with Gasteiger partial charge in [0.25, 0.3) is 0 Å². The molecule has 0 radical (unpaired) electrons. The van der Waals surface area contributed by atoms with E-state index in [1.807, 2.05) is 19.1 Å². The second kappa shape index (κ2) is 8.71. The number of aromatic nitrogens is 2. The Hall–Kier alpha value is -2.13. The Morgan fingerprint density at radius 3 is 2.79 bits per heavy atom. The van der Waals surface area contributed by atoms with Crippen molar-refractivity contribution in [2.45, 2.75) is 32.4 Å². The number of ether oxygens (including phenoxy) is 3. The molecule has 0 spiro atoms. The van der Waals surface area contributed by atoms with Gasteiger partial charge in [0.05, 0.1) is 25.8 Å². The standard InChI is InChI=1S/C22H24IN3O3/c1-13(15-5-4-6-16(23)9-15)24-22-18-10-21(29-17-7-8-28-12-17)20(27-3)11-19(18)25-14(2)26-22/h4-6,9-11,13,17H,7-8,12H2,1-3H3,(H,24,25,26)/t13-,17+/m1/s1. The van der Waals surface area contributed by atoms with E-state index in [4.69, 9.17) is 14.2 Å². The molecule has 0 aliphatic carbocycles. The molecule has 6 nitrogen and oxygen atoms in total. The van der Waals surface area contributed by atoms with E-state index in [0.717, 1.165) is 29.7 Å². The Balaban J connectivity index is 1.72. The molecular weight excluding hydrogens is 481 g/mol. The summed E-state index contributed by atoms with van der Waals surface area (Å²) in [5, 5.41) is 4.46. The van der Waals surface area contributed by atoms with E-state index >= 15 is 0 Å². The van der Waals surface area contributed by atoms with Crippen molar-refractivity contribution >= 4 is 39.3 Å². The van der Waals surface area contributed by atoms with Crippen molar-refractivity contribution < 1.29 is 14.2 Å². The highest BCUT2D eigenvalue weighted by atomic mass is 127. The molecule has 0 saturated carbocycles. The van der Waals surface area contributed by atoms with Crippen LogP contribution in [0.15, 0.2) is 36.4 Å². The van der Waals surface area contributed by atoms with Gasteiger partial charge in [-0.25, -0.2) is 9.97 Å². The fourth-order valence-corrected chi connectivity index (χ4v) is 4.03. The number of halogens is 1. The van der Waals surface area contributed by atoms with E-state index in [1.165, 1.54) is 9.13 Å². The zero-order valence-electron chi connectivity index (χ0n) is 16.7. The SMILES string of the molecule is COc1cc2nc(C)nc(N[C@H](C)c3cccc(I)c3)c2cc1O[C@H]1CCOC1. The Morgan fingerprint density at radius 1 is 1.21 bits per heavy atom. The number of nitrogens with zero attached hydrogens (tertiary/aromatic N) is 2. The van der Waals surface area contributed by atoms with Gasteiger partial charge in [-0.15, -0.1) is 0 Å². The third kappa shape index (κ3) is 4.56. The minimum atomic E-state index is 0.0365. The van der Waals surface area contributed by atoms with Gasteiger partial charge in [-0.2, -0.15) is 0 Å². The molecular formula is C22H24IN3O3. The van der Waals surface area contributed by atoms with Crippen LogP contribution in [0.4, 0.5) is 5.82 Å². The molecule has 1 aliphatic heterocycles. The first-order valence-corrected chi connectivity index (χ1v) is 10.7. The smallest absolute Gasteiger partial charge is 0.162 e. The van der Waals surface area contributed by atoms with Gasteiger partial charge in [-0.05, 0) is 60.2 Å². The molecule has 4 rings (SSSR count). The highest BCUT2D eigenvalue weighted by Gasteiger charge is 2.21. The van der Waals surface area contributed by atoms with E-state index < -0.39 is 0 Å². The average molecular weight is 505 g/mol. The second-order valence-electron chi connectivity index (χ2n) is 7.16. The molecule has 152 valence electrons. The summed E-state index contributed by atoms with van der Waals surface area (Å²) in [5.74, 6) is 2.84. The fourth-order valence-electron chi connectivity index (χ4n) is 3.46. The number of benzene rings is 2. The number of methoxy groups -OCH3 is 1. The molecule has 7 heteroatoms. The van der Waals surface area contributed by atoms with Crippen molar-refractivity contribution in [2.24, 2.45) is 0 Å². The van der Waals surface area contributed by atoms with E-state index in [2.05, 4.69) is 69.1 Å². The van der Waals surface area contributed by atoms with Crippen LogP contribution in [0.1, 0.15) is 30.8 Å². The highest BCUT2D eigenvalue weighted by molar-refractivity contribution is 14.1. The van der Waals surface area contributed by atoms with Crippen LogP contribution in [0.3, 0.4) is 0 Å². The van der Waals surface area contributed by atoms with E-state index in [-0.39, 0.29) is 12.1 Å². The van der Waals surface area contributed by atoms with Gasteiger partial charge in [0.1, 0.15) is 17.7 Å². The Bertz CT molecular complexity index is 1020. The number of nitrogens with one attached hydrogen (secondary N) is 1. The third-order valence-corrected chi connectivity index (χ3v) is 5.65. The lowest BCUT2D eigenvalue weighted by Gasteiger charge is -2.19. The molecule has 1 N–H and O–H groups in total. The van der Waals surface area contributed by atoms with Crippen LogP contribution in [0.2, 0.25) is 0 Å². The first-order chi connectivity index (χ1) is 14.0. The van der Waals surface area contributed by atoms with Crippen molar-refractivity contribution in [1.82, 2.24) is 9.97 Å². The van der Waals surface area contributed by atoms with Gasteiger partial charge in [0, 0.05) is 27.5 Å². The van der Waals surface area contributed by atoms with Crippen molar-refractivity contribution in [3.63, 3.8) is 0 Å². The summed E-state index contributed by atoms with van der Waals surface area (Å²) >= 11 is 2.33. The van der Waals surface area contributed by atoms with Crippen LogP contribution in [0, 0.1) is 10.5 Å². The maximum absolute atomic E-state index is 6.16. The number of aryl methyl sites for hydroxylation is 1. The number of anilines is 1. The van der Waals surface area contributed by atoms with Crippen molar-refractivity contribution in [2.75, 3.05) is 25.6 Å². The average Bonchev–Trinajstić information content (AvgIpc) is 3.21. The quantitative estimate of drug-likeness (QED) is 0.482. The molecule has 2 atom stereocenters. The van der Waals surface area contributed by atoms with Crippen LogP contribution in [-0.2, 0) is 4.74 Å². The van der Waals surface area contributed by atoms with Crippen LogP contribution < -0.4 is 14.8 Å². The third-order valence-electron chi connectivity index (χ3n) is 4.98. The van der Waals surface area contributed by atoms with E-state index in [0.29, 0.717) is 23.9 Å². The number of rotatable bonds is 6. The summed E-state index contributed by atoms with van der Waals surface area (Å²) in [6.45, 7) is 5.35. The summed E-state index contributed by atoms with van der Waals surface area (Å²) in [6.07, 6.45) is 0.912. The van der Waals surface area contributed by atoms with Crippen LogP contribution in [0.5, 0.6) is 11.5 Å². The van der Waals surface area contributed by atoms with E-state index in [1.54, 1.807) is 7.11 Å². The van der Waals surface area contributed by atoms with Gasteiger partial charge < -0.3 is 19.5 Å². The molecule has 1 aromatic heterocycles. The van der Waals surface area contributed by atoms with Gasteiger partial charge in [-0.3, -0.25) is 0 Å². The molecule has 1 saturated heterocycles. The molecule has 0 amide bonds. The maximum Gasteiger partial charge on any atom is 0.162 e. The summed E-state index contributed by atoms with van der Waals surface area (Å²) < 4.78 is 18.4. The Morgan fingerprint density at radius 2 is 2.07 bits per heavy atom. The summed E-state index contributed by atoms with van der Waals surface area (Å²) in [4.78, 5) is 9.27. The highest BCUT2D eigenvalue weighted by Crippen LogP contribution is 2.36. The Kier molecular flexibility index (Phi) is 6.05. The molecule has 2 aromatic carbocycles. The lowest BCUT2D eigenvalue weighted by atomic mass is 10.1.